The molecule has 1 heterocycles. The van der Waals surface area contributed by atoms with Gasteiger partial charge in [0.05, 0.1) is 17.3 Å². The minimum absolute atomic E-state index is 0.699. The third-order valence-corrected chi connectivity index (χ3v) is 3.44. The minimum Gasteiger partial charge on any atom is -0.492 e. The number of rotatable bonds is 3. The summed E-state index contributed by atoms with van der Waals surface area (Å²) in [4.78, 5) is 6.44. The predicted octanol–water partition coefficient (Wildman–Crippen LogP) is 3.46. The van der Waals surface area contributed by atoms with E-state index in [1.54, 1.807) is 18.4 Å². The number of aromatic nitrogens is 1. The number of hydrogen-bond donors (Lipinski definition) is 0. The highest BCUT2D eigenvalue weighted by molar-refractivity contribution is 7.19. The molecule has 0 saturated carbocycles. The molecule has 0 amide bonds. The number of thiazole rings is 1. The van der Waals surface area contributed by atoms with Gasteiger partial charge in [0.2, 0.25) is 0 Å². The molecule has 1 aromatic heterocycles. The average molecular weight is 269 g/mol. The molecule has 3 nitrogen and oxygen atoms in total. The molecule has 0 aliphatic heterocycles. The molecule has 0 aliphatic carbocycles. The lowest BCUT2D eigenvalue weighted by Gasteiger charge is -2.08. The molecule has 2 aromatic rings. The highest BCUT2D eigenvalue weighted by atomic mass is 35.5. The molecule has 0 fully saturated rings. The number of benzene rings is 1. The van der Waals surface area contributed by atoms with Gasteiger partial charge in [-0.3, -0.25) is 0 Å². The third-order valence-electron chi connectivity index (χ3n) is 2.16. The predicted molar refractivity (Wildman–Crippen MR) is 73.3 cm³/mol. The van der Waals surface area contributed by atoms with Crippen molar-refractivity contribution >= 4 is 38.9 Å². The summed E-state index contributed by atoms with van der Waals surface area (Å²) in [5.74, 6) is 0.757. The lowest BCUT2D eigenvalue weighted by atomic mass is 10.3. The molecule has 1 aromatic carbocycles. The third kappa shape index (κ3) is 2.70. The van der Waals surface area contributed by atoms with E-state index < -0.39 is 0 Å². The van der Waals surface area contributed by atoms with Crippen LogP contribution in [0.5, 0.6) is 0 Å². The standard InChI is InChI=1S/C12H13ClN2OS/c1-15(2)7-10(16-3)12-14-9-6-8(13)4-5-11(9)17-12/h4-7H,1-3H3/b10-7+. The molecule has 0 unspecified atom stereocenters. The van der Waals surface area contributed by atoms with Crippen molar-refractivity contribution in [2.45, 2.75) is 0 Å². The maximum atomic E-state index is 5.94. The lowest BCUT2D eigenvalue weighted by Crippen LogP contribution is -2.03. The smallest absolute Gasteiger partial charge is 0.170 e. The molecule has 0 radical (unpaired) electrons. The molecule has 0 bridgehead atoms. The summed E-state index contributed by atoms with van der Waals surface area (Å²) in [6, 6.07) is 5.70. The largest absolute Gasteiger partial charge is 0.492 e. The summed E-state index contributed by atoms with van der Waals surface area (Å²) >= 11 is 7.53. The van der Waals surface area contributed by atoms with Gasteiger partial charge in [-0.1, -0.05) is 11.6 Å². The Hall–Kier alpha value is -1.26. The minimum atomic E-state index is 0.699. The number of ether oxygens (including phenoxy) is 1. The Labute approximate surface area is 109 Å². The van der Waals surface area contributed by atoms with E-state index in [0.29, 0.717) is 5.02 Å². The van der Waals surface area contributed by atoms with Gasteiger partial charge in [0.15, 0.2) is 10.8 Å². The van der Waals surface area contributed by atoms with Gasteiger partial charge in [-0.2, -0.15) is 0 Å². The quantitative estimate of drug-likeness (QED) is 0.797. The average Bonchev–Trinajstić information content (AvgIpc) is 2.68. The Kier molecular flexibility index (Phi) is 3.54. The van der Waals surface area contributed by atoms with E-state index in [1.165, 1.54) is 0 Å². The highest BCUT2D eigenvalue weighted by Gasteiger charge is 2.09. The zero-order valence-electron chi connectivity index (χ0n) is 9.90. The fraction of sp³-hybridized carbons (Fsp3) is 0.250. The van der Waals surface area contributed by atoms with Gasteiger partial charge >= 0.3 is 0 Å². The zero-order chi connectivity index (χ0) is 12.4. The monoisotopic (exact) mass is 268 g/mol. The van der Waals surface area contributed by atoms with Crippen LogP contribution in [0, 0.1) is 0 Å². The van der Waals surface area contributed by atoms with Crippen molar-refractivity contribution in [1.82, 2.24) is 9.88 Å². The summed E-state index contributed by atoms with van der Waals surface area (Å²) < 4.78 is 6.44. The second-order valence-corrected chi connectivity index (χ2v) is 5.26. The summed E-state index contributed by atoms with van der Waals surface area (Å²) in [6.07, 6.45) is 1.90. The van der Waals surface area contributed by atoms with Crippen LogP contribution in [0.3, 0.4) is 0 Å². The number of nitrogens with zero attached hydrogens (tertiary/aromatic N) is 2. The molecule has 2 rings (SSSR count). The van der Waals surface area contributed by atoms with E-state index in [0.717, 1.165) is 21.0 Å². The van der Waals surface area contributed by atoms with Crippen LogP contribution >= 0.6 is 22.9 Å². The molecule has 0 spiro atoms. The summed E-state index contributed by atoms with van der Waals surface area (Å²) in [6.45, 7) is 0. The molecule has 0 saturated heterocycles. The van der Waals surface area contributed by atoms with Crippen molar-refractivity contribution in [3.63, 3.8) is 0 Å². The fourth-order valence-corrected chi connectivity index (χ4v) is 2.54. The fourth-order valence-electron chi connectivity index (χ4n) is 1.44. The van der Waals surface area contributed by atoms with Gasteiger partial charge in [0.1, 0.15) is 0 Å². The molecule has 0 atom stereocenters. The van der Waals surface area contributed by atoms with E-state index in [9.17, 15) is 0 Å². The van der Waals surface area contributed by atoms with Crippen LogP contribution in [0.15, 0.2) is 24.4 Å². The van der Waals surface area contributed by atoms with Crippen LogP contribution in [0.4, 0.5) is 0 Å². The summed E-state index contributed by atoms with van der Waals surface area (Å²) in [5.41, 5.74) is 0.902. The van der Waals surface area contributed by atoms with Crippen molar-refractivity contribution in [2.75, 3.05) is 21.2 Å². The molecule has 17 heavy (non-hydrogen) atoms. The van der Waals surface area contributed by atoms with Crippen molar-refractivity contribution < 1.29 is 4.74 Å². The summed E-state index contributed by atoms with van der Waals surface area (Å²) in [5, 5.41) is 1.56. The number of fused-ring (bicyclic) bond motifs is 1. The van der Waals surface area contributed by atoms with Crippen molar-refractivity contribution in [2.24, 2.45) is 0 Å². The van der Waals surface area contributed by atoms with Crippen LogP contribution in [0.25, 0.3) is 16.0 Å². The maximum absolute atomic E-state index is 5.94. The van der Waals surface area contributed by atoms with Gasteiger partial charge in [-0.25, -0.2) is 4.98 Å². The van der Waals surface area contributed by atoms with Crippen molar-refractivity contribution in [3.05, 3.63) is 34.4 Å². The Morgan fingerprint density at radius 3 is 2.88 bits per heavy atom. The second-order valence-electron chi connectivity index (χ2n) is 3.79. The van der Waals surface area contributed by atoms with Crippen LogP contribution in [0.1, 0.15) is 5.01 Å². The van der Waals surface area contributed by atoms with E-state index in [2.05, 4.69) is 4.98 Å². The lowest BCUT2D eigenvalue weighted by molar-refractivity contribution is 0.360. The number of methoxy groups -OCH3 is 1. The first-order chi connectivity index (χ1) is 8.10. The molecule has 90 valence electrons. The number of hydrogen-bond acceptors (Lipinski definition) is 4. The van der Waals surface area contributed by atoms with E-state index in [-0.39, 0.29) is 0 Å². The van der Waals surface area contributed by atoms with E-state index in [4.69, 9.17) is 16.3 Å². The Morgan fingerprint density at radius 2 is 2.24 bits per heavy atom. The van der Waals surface area contributed by atoms with Gasteiger partial charge in [-0.05, 0) is 18.2 Å². The Morgan fingerprint density at radius 1 is 1.47 bits per heavy atom. The Bertz CT molecular complexity index is 563. The molecule has 0 N–H and O–H groups in total. The van der Waals surface area contributed by atoms with Gasteiger partial charge in [0, 0.05) is 25.3 Å². The van der Waals surface area contributed by atoms with Gasteiger partial charge in [-0.15, -0.1) is 11.3 Å². The molecular weight excluding hydrogens is 256 g/mol. The first kappa shape index (κ1) is 12.2. The SMILES string of the molecule is CO/C(=C/N(C)C)c1nc2cc(Cl)ccc2s1. The van der Waals surface area contributed by atoms with Crippen LogP contribution in [0.2, 0.25) is 5.02 Å². The van der Waals surface area contributed by atoms with Gasteiger partial charge < -0.3 is 9.64 Å². The Balaban J connectivity index is 2.48. The second kappa shape index (κ2) is 4.94. The molecule has 0 aliphatic rings. The highest BCUT2D eigenvalue weighted by Crippen LogP contribution is 2.29. The van der Waals surface area contributed by atoms with Crippen molar-refractivity contribution in [1.29, 1.82) is 0 Å². The molecular formula is C12H13ClN2OS. The first-order valence-corrected chi connectivity index (χ1v) is 6.28. The topological polar surface area (TPSA) is 25.4 Å². The number of halogens is 1. The maximum Gasteiger partial charge on any atom is 0.170 e. The normalized spacial score (nSPS) is 11.9. The van der Waals surface area contributed by atoms with E-state index in [1.807, 2.05) is 43.4 Å². The summed E-state index contributed by atoms with van der Waals surface area (Å²) in [7, 11) is 5.54. The molecule has 5 heteroatoms. The van der Waals surface area contributed by atoms with Crippen LogP contribution < -0.4 is 0 Å². The van der Waals surface area contributed by atoms with Crippen molar-refractivity contribution in [3.8, 4) is 0 Å². The van der Waals surface area contributed by atoms with Gasteiger partial charge in [0.25, 0.3) is 0 Å². The van der Waals surface area contributed by atoms with E-state index >= 15 is 0 Å². The zero-order valence-corrected chi connectivity index (χ0v) is 11.5. The van der Waals surface area contributed by atoms with Crippen LogP contribution in [-0.4, -0.2) is 31.1 Å². The first-order valence-electron chi connectivity index (χ1n) is 5.09. The van der Waals surface area contributed by atoms with Crippen LogP contribution in [-0.2, 0) is 4.74 Å².